The summed E-state index contributed by atoms with van der Waals surface area (Å²) in [6.45, 7) is 0.224. The first-order valence-electron chi connectivity index (χ1n) is 6.48. The van der Waals surface area contributed by atoms with Gasteiger partial charge in [0.1, 0.15) is 12.6 Å². The largest absolute Gasteiger partial charge is 0.446 e. The van der Waals surface area contributed by atoms with Gasteiger partial charge in [-0.25, -0.2) is 14.7 Å². The number of nitrogens with zero attached hydrogens (tertiary/aromatic N) is 1. The highest BCUT2D eigenvalue weighted by Gasteiger charge is 2.74. The molecule has 3 heterocycles. The van der Waals surface area contributed by atoms with E-state index in [0.717, 1.165) is 0 Å². The van der Waals surface area contributed by atoms with Crippen LogP contribution in [0.3, 0.4) is 0 Å². The van der Waals surface area contributed by atoms with Crippen LogP contribution in [0.25, 0.3) is 0 Å². The molecule has 0 aliphatic carbocycles. The third-order valence-electron chi connectivity index (χ3n) is 4.24. The number of nitrogens with one attached hydrogen (secondary N) is 3. The van der Waals surface area contributed by atoms with Gasteiger partial charge in [0.25, 0.3) is 5.66 Å². The molecule has 0 radical (unpaired) electrons. The topological polar surface area (TPSA) is 186 Å². The first-order chi connectivity index (χ1) is 9.78. The molecule has 1 fully saturated rings. The number of aliphatic hydroxyl groups is 2. The first kappa shape index (κ1) is 13.7. The van der Waals surface area contributed by atoms with Gasteiger partial charge in [-0.05, 0) is 0 Å². The molecule has 0 saturated carbocycles. The maximum absolute atomic E-state index is 10.8. The highest BCUT2D eigenvalue weighted by atomic mass is 16.5. The molecule has 1 unspecified atom stereocenters. The summed E-state index contributed by atoms with van der Waals surface area (Å²) in [5.74, 6) is -1.65. The van der Waals surface area contributed by atoms with Gasteiger partial charge >= 0.3 is 18.0 Å². The van der Waals surface area contributed by atoms with E-state index in [4.69, 9.17) is 21.9 Å². The van der Waals surface area contributed by atoms with Gasteiger partial charge in [0.05, 0.1) is 6.54 Å². The molecule has 1 spiro atoms. The van der Waals surface area contributed by atoms with E-state index < -0.39 is 29.6 Å². The van der Waals surface area contributed by atoms with Crippen molar-refractivity contribution in [3.05, 3.63) is 0 Å². The van der Waals surface area contributed by atoms with Gasteiger partial charge < -0.3 is 20.7 Å². The first-order valence-corrected chi connectivity index (χ1v) is 6.48. The summed E-state index contributed by atoms with van der Waals surface area (Å²) in [7, 11) is 0. The molecule has 11 heteroatoms. The number of carbonyl (C=O) groups is 1. The SMILES string of the molecule is NC(=O)OC[C@@H]1NC(N)=[N+]2CCC(O)(O)C23NC(N)=[NH+][C@@H]13. The van der Waals surface area contributed by atoms with E-state index in [1.807, 2.05) is 0 Å². The standard InChI is InChI=1S/C10H17N7O4/c11-6-15-5-4(3-21-8(13)18)14-7(12)17-2-1-9(19,20)10(5,17)16-6/h4-5,19-20H,1-3H2,(H7,11,12,13,14,15,16,18)/p+2/t4-,5-,10?/m0/s1. The summed E-state index contributed by atoms with van der Waals surface area (Å²) in [5.41, 5.74) is 15.3. The Labute approximate surface area is 119 Å². The van der Waals surface area contributed by atoms with Crippen molar-refractivity contribution in [3.8, 4) is 0 Å². The van der Waals surface area contributed by atoms with E-state index in [1.165, 1.54) is 0 Å². The summed E-state index contributed by atoms with van der Waals surface area (Å²) < 4.78 is 6.40. The molecule has 3 rings (SSSR count). The maximum Gasteiger partial charge on any atom is 0.404 e. The Bertz CT molecular complexity index is 560. The van der Waals surface area contributed by atoms with Crippen molar-refractivity contribution in [2.45, 2.75) is 30.0 Å². The Morgan fingerprint density at radius 3 is 2.90 bits per heavy atom. The average molecular weight is 301 g/mol. The lowest BCUT2D eigenvalue weighted by Gasteiger charge is -2.40. The van der Waals surface area contributed by atoms with Crippen molar-refractivity contribution in [1.29, 1.82) is 0 Å². The quantitative estimate of drug-likeness (QED) is 0.183. The minimum atomic E-state index is -2.07. The van der Waals surface area contributed by atoms with Crippen LogP contribution in [0.5, 0.6) is 0 Å². The van der Waals surface area contributed by atoms with Crippen LogP contribution >= 0.6 is 0 Å². The molecule has 0 bridgehead atoms. The zero-order chi connectivity index (χ0) is 15.4. The molecule has 11 N–H and O–H groups in total. The molecule has 21 heavy (non-hydrogen) atoms. The molecule has 0 aromatic rings. The molecule has 3 aliphatic rings. The van der Waals surface area contributed by atoms with E-state index in [2.05, 4.69) is 15.6 Å². The lowest BCUT2D eigenvalue weighted by molar-refractivity contribution is -0.674. The van der Waals surface area contributed by atoms with Crippen molar-refractivity contribution in [2.24, 2.45) is 17.2 Å². The van der Waals surface area contributed by atoms with Crippen LogP contribution < -0.4 is 32.8 Å². The van der Waals surface area contributed by atoms with E-state index in [-0.39, 0.29) is 24.9 Å². The van der Waals surface area contributed by atoms with Crippen molar-refractivity contribution in [2.75, 3.05) is 13.2 Å². The summed E-state index contributed by atoms with van der Waals surface area (Å²) in [5, 5.41) is 26.6. The Kier molecular flexibility index (Phi) is 2.68. The van der Waals surface area contributed by atoms with Crippen molar-refractivity contribution < 1.29 is 29.3 Å². The van der Waals surface area contributed by atoms with E-state index in [1.54, 1.807) is 4.58 Å². The van der Waals surface area contributed by atoms with Gasteiger partial charge in [-0.2, -0.15) is 0 Å². The number of nitrogens with two attached hydrogens (primary N) is 3. The van der Waals surface area contributed by atoms with Crippen LogP contribution in [0.4, 0.5) is 4.79 Å². The lowest BCUT2D eigenvalue weighted by atomic mass is 9.87. The monoisotopic (exact) mass is 301 g/mol. The fraction of sp³-hybridized carbons (Fsp3) is 0.700. The fourth-order valence-electron chi connectivity index (χ4n) is 3.39. The second-order valence-corrected chi connectivity index (χ2v) is 5.41. The summed E-state index contributed by atoms with van der Waals surface area (Å²) in [4.78, 5) is 13.7. The van der Waals surface area contributed by atoms with Gasteiger partial charge in [0.2, 0.25) is 5.79 Å². The zero-order valence-electron chi connectivity index (χ0n) is 11.2. The fourth-order valence-corrected chi connectivity index (χ4v) is 3.39. The molecule has 3 atom stereocenters. The Hall–Kier alpha value is -2.27. The third kappa shape index (κ3) is 1.70. The number of guanidine groups is 2. The average Bonchev–Trinajstić information content (AvgIpc) is 2.85. The molecule has 0 aromatic carbocycles. The predicted octanol–water partition coefficient (Wildman–Crippen LogP) is -6.47. The number of rotatable bonds is 2. The van der Waals surface area contributed by atoms with Crippen molar-refractivity contribution in [1.82, 2.24) is 10.6 Å². The Balaban J connectivity index is 2.02. The second-order valence-electron chi connectivity index (χ2n) is 5.41. The Morgan fingerprint density at radius 2 is 2.24 bits per heavy atom. The van der Waals surface area contributed by atoms with Crippen LogP contribution in [0.15, 0.2) is 0 Å². The smallest absolute Gasteiger partial charge is 0.404 e. The number of carbonyl (C=O) groups excluding carboxylic acids is 1. The number of ether oxygens (including phenoxy) is 1. The van der Waals surface area contributed by atoms with Gasteiger partial charge in [-0.15, -0.1) is 0 Å². The minimum Gasteiger partial charge on any atom is -0.446 e. The van der Waals surface area contributed by atoms with E-state index in [9.17, 15) is 15.0 Å². The van der Waals surface area contributed by atoms with Gasteiger partial charge in [0, 0.05) is 6.42 Å². The number of amides is 1. The molecular formula is C10H19N7O4+2. The van der Waals surface area contributed by atoms with Gasteiger partial charge in [-0.3, -0.25) is 21.8 Å². The van der Waals surface area contributed by atoms with Crippen LogP contribution in [0.2, 0.25) is 0 Å². The van der Waals surface area contributed by atoms with Crippen LogP contribution in [-0.2, 0) is 4.74 Å². The predicted molar refractivity (Wildman–Crippen MR) is 68.4 cm³/mol. The lowest BCUT2D eigenvalue weighted by Crippen LogP contribution is -2.91. The van der Waals surface area contributed by atoms with Crippen LogP contribution in [0.1, 0.15) is 6.42 Å². The number of hydrogen-bond donors (Lipinski definition) is 8. The molecule has 11 nitrogen and oxygen atoms in total. The zero-order valence-corrected chi connectivity index (χ0v) is 11.2. The summed E-state index contributed by atoms with van der Waals surface area (Å²) >= 11 is 0. The summed E-state index contributed by atoms with van der Waals surface area (Å²) in [6, 6.07) is -1.14. The molecule has 116 valence electrons. The summed E-state index contributed by atoms with van der Waals surface area (Å²) in [6.07, 6.45) is -0.850. The molecule has 0 aromatic heterocycles. The second kappa shape index (κ2) is 4.11. The molecule has 1 saturated heterocycles. The highest BCUT2D eigenvalue weighted by Crippen LogP contribution is 2.36. The number of hydrogen-bond acceptors (Lipinski definition) is 8. The van der Waals surface area contributed by atoms with Gasteiger partial charge in [-0.1, -0.05) is 0 Å². The van der Waals surface area contributed by atoms with E-state index >= 15 is 0 Å². The molecule has 1 amide bonds. The molecular weight excluding hydrogens is 282 g/mol. The van der Waals surface area contributed by atoms with E-state index in [0.29, 0.717) is 6.54 Å². The Morgan fingerprint density at radius 1 is 1.52 bits per heavy atom. The van der Waals surface area contributed by atoms with Crippen molar-refractivity contribution >= 4 is 18.0 Å². The van der Waals surface area contributed by atoms with Crippen LogP contribution in [0, 0.1) is 0 Å². The number of primary amides is 1. The molecule has 3 aliphatic heterocycles. The normalized spacial score (nSPS) is 36.2. The maximum atomic E-state index is 10.8. The van der Waals surface area contributed by atoms with Gasteiger partial charge in [0.15, 0.2) is 6.04 Å². The van der Waals surface area contributed by atoms with Crippen LogP contribution in [-0.4, -0.2) is 69.5 Å². The highest BCUT2D eigenvalue weighted by molar-refractivity contribution is 5.78. The van der Waals surface area contributed by atoms with Crippen molar-refractivity contribution in [3.63, 3.8) is 0 Å². The minimum absolute atomic E-state index is 0.0806. The third-order valence-corrected chi connectivity index (χ3v) is 4.24.